The molecule has 0 bridgehead atoms. The Bertz CT molecular complexity index is 483. The highest BCUT2D eigenvalue weighted by Crippen LogP contribution is 2.29. The van der Waals surface area contributed by atoms with Gasteiger partial charge in [0.2, 0.25) is 10.0 Å². The standard InChI is InChI=1S/C10H15N3O2S/c1-13(8-4-2-5-8)16(14,15)9-6-3-7-12-10(9)11/h3,6-8H,2,4-5H2,1H3,(H2,11,12). The molecular formula is C10H15N3O2S. The zero-order chi connectivity index (χ0) is 11.8. The summed E-state index contributed by atoms with van der Waals surface area (Å²) in [6.07, 6.45) is 4.43. The molecule has 0 saturated heterocycles. The second-order valence-electron chi connectivity index (χ2n) is 3.99. The number of sulfonamides is 1. The summed E-state index contributed by atoms with van der Waals surface area (Å²) < 4.78 is 25.8. The highest BCUT2D eigenvalue weighted by atomic mass is 32.2. The van der Waals surface area contributed by atoms with Crippen LogP contribution in [0.15, 0.2) is 23.2 Å². The lowest BCUT2D eigenvalue weighted by atomic mass is 9.94. The first kappa shape index (κ1) is 11.3. The first-order valence-electron chi connectivity index (χ1n) is 5.22. The molecule has 1 aromatic heterocycles. The summed E-state index contributed by atoms with van der Waals surface area (Å²) in [5.41, 5.74) is 5.59. The maximum Gasteiger partial charge on any atom is 0.246 e. The third-order valence-corrected chi connectivity index (χ3v) is 5.00. The molecule has 16 heavy (non-hydrogen) atoms. The lowest BCUT2D eigenvalue weighted by Gasteiger charge is -2.33. The summed E-state index contributed by atoms with van der Waals surface area (Å²) in [6.45, 7) is 0. The van der Waals surface area contributed by atoms with E-state index in [0.717, 1.165) is 19.3 Å². The van der Waals surface area contributed by atoms with Crippen LogP contribution in [-0.4, -0.2) is 30.8 Å². The van der Waals surface area contributed by atoms with E-state index < -0.39 is 10.0 Å². The van der Waals surface area contributed by atoms with Gasteiger partial charge in [-0.1, -0.05) is 6.42 Å². The van der Waals surface area contributed by atoms with Crippen LogP contribution < -0.4 is 5.73 Å². The van der Waals surface area contributed by atoms with E-state index in [0.29, 0.717) is 0 Å². The van der Waals surface area contributed by atoms with E-state index in [9.17, 15) is 8.42 Å². The molecule has 1 aromatic rings. The molecule has 2 rings (SSSR count). The van der Waals surface area contributed by atoms with Crippen molar-refractivity contribution in [1.29, 1.82) is 0 Å². The SMILES string of the molecule is CN(C1CCC1)S(=O)(=O)c1cccnc1N. The minimum Gasteiger partial charge on any atom is -0.383 e. The van der Waals surface area contributed by atoms with Crippen molar-refractivity contribution >= 4 is 15.8 Å². The van der Waals surface area contributed by atoms with Gasteiger partial charge in [0.15, 0.2) is 0 Å². The number of aromatic nitrogens is 1. The molecule has 0 aromatic carbocycles. The van der Waals surface area contributed by atoms with Gasteiger partial charge in [-0.05, 0) is 25.0 Å². The Morgan fingerprint density at radius 3 is 2.69 bits per heavy atom. The lowest BCUT2D eigenvalue weighted by molar-refractivity contribution is 0.250. The zero-order valence-electron chi connectivity index (χ0n) is 9.13. The third kappa shape index (κ3) is 1.78. The van der Waals surface area contributed by atoms with Gasteiger partial charge in [0, 0.05) is 19.3 Å². The third-order valence-electron chi connectivity index (χ3n) is 3.05. The van der Waals surface area contributed by atoms with Gasteiger partial charge in [-0.25, -0.2) is 13.4 Å². The van der Waals surface area contributed by atoms with Gasteiger partial charge < -0.3 is 5.73 Å². The molecule has 0 amide bonds. The fourth-order valence-corrected chi connectivity index (χ4v) is 3.20. The van der Waals surface area contributed by atoms with Crippen molar-refractivity contribution in [3.8, 4) is 0 Å². The van der Waals surface area contributed by atoms with Crippen LogP contribution in [0, 0.1) is 0 Å². The summed E-state index contributed by atoms with van der Waals surface area (Å²) in [5.74, 6) is 0.0636. The quantitative estimate of drug-likeness (QED) is 0.850. The Morgan fingerprint density at radius 2 is 2.19 bits per heavy atom. The van der Waals surface area contributed by atoms with E-state index in [1.54, 1.807) is 13.1 Å². The molecule has 0 atom stereocenters. The minimum atomic E-state index is -3.48. The van der Waals surface area contributed by atoms with Crippen LogP contribution in [0.4, 0.5) is 5.82 Å². The molecule has 5 nitrogen and oxygen atoms in total. The van der Waals surface area contributed by atoms with Crippen molar-refractivity contribution in [2.24, 2.45) is 0 Å². The van der Waals surface area contributed by atoms with E-state index in [-0.39, 0.29) is 16.8 Å². The fraction of sp³-hybridized carbons (Fsp3) is 0.500. The number of pyridine rings is 1. The van der Waals surface area contributed by atoms with Crippen molar-refractivity contribution in [2.75, 3.05) is 12.8 Å². The van der Waals surface area contributed by atoms with Gasteiger partial charge in [-0.3, -0.25) is 0 Å². The Labute approximate surface area is 95.3 Å². The molecule has 88 valence electrons. The fourth-order valence-electron chi connectivity index (χ4n) is 1.72. The molecule has 2 N–H and O–H groups in total. The normalized spacial score (nSPS) is 17.4. The van der Waals surface area contributed by atoms with Crippen molar-refractivity contribution in [3.05, 3.63) is 18.3 Å². The van der Waals surface area contributed by atoms with Crippen molar-refractivity contribution < 1.29 is 8.42 Å². The Kier molecular flexibility index (Phi) is 2.86. The van der Waals surface area contributed by atoms with E-state index >= 15 is 0 Å². The van der Waals surface area contributed by atoms with Crippen LogP contribution in [0.25, 0.3) is 0 Å². The van der Waals surface area contributed by atoms with Crippen molar-refractivity contribution in [2.45, 2.75) is 30.2 Å². The number of rotatable bonds is 3. The summed E-state index contributed by atoms with van der Waals surface area (Å²) >= 11 is 0. The second kappa shape index (κ2) is 4.03. The van der Waals surface area contributed by atoms with Crippen LogP contribution in [0.5, 0.6) is 0 Å². The molecule has 0 spiro atoms. The number of anilines is 1. The van der Waals surface area contributed by atoms with Crippen LogP contribution in [0.3, 0.4) is 0 Å². The molecular weight excluding hydrogens is 226 g/mol. The predicted molar refractivity (Wildman–Crippen MR) is 61.2 cm³/mol. The van der Waals surface area contributed by atoms with Gasteiger partial charge >= 0.3 is 0 Å². The number of hydrogen-bond acceptors (Lipinski definition) is 4. The Balaban J connectivity index is 2.35. The summed E-state index contributed by atoms with van der Waals surface area (Å²) in [7, 11) is -1.88. The average Bonchev–Trinajstić information content (AvgIpc) is 2.15. The average molecular weight is 241 g/mol. The minimum absolute atomic E-state index is 0.0636. The molecule has 0 radical (unpaired) electrons. The topological polar surface area (TPSA) is 76.3 Å². The van der Waals surface area contributed by atoms with Gasteiger partial charge in [0.05, 0.1) is 0 Å². The monoisotopic (exact) mass is 241 g/mol. The first-order chi connectivity index (χ1) is 7.53. The van der Waals surface area contributed by atoms with Crippen molar-refractivity contribution in [1.82, 2.24) is 9.29 Å². The highest BCUT2D eigenvalue weighted by molar-refractivity contribution is 7.89. The van der Waals surface area contributed by atoms with Crippen LogP contribution in [0.2, 0.25) is 0 Å². The molecule has 0 aliphatic heterocycles. The number of nitrogen functional groups attached to an aromatic ring is 1. The summed E-state index contributed by atoms with van der Waals surface area (Å²) in [6, 6.07) is 3.19. The second-order valence-corrected chi connectivity index (χ2v) is 5.96. The van der Waals surface area contributed by atoms with Crippen LogP contribution in [-0.2, 0) is 10.0 Å². The zero-order valence-corrected chi connectivity index (χ0v) is 9.94. The maximum absolute atomic E-state index is 12.2. The molecule has 1 aliphatic rings. The van der Waals surface area contributed by atoms with E-state index in [2.05, 4.69) is 4.98 Å². The molecule has 6 heteroatoms. The lowest BCUT2D eigenvalue weighted by Crippen LogP contribution is -2.41. The van der Waals surface area contributed by atoms with Gasteiger partial charge in [-0.2, -0.15) is 4.31 Å². The van der Waals surface area contributed by atoms with E-state index in [1.807, 2.05) is 0 Å². The summed E-state index contributed by atoms with van der Waals surface area (Å²) in [4.78, 5) is 3.90. The van der Waals surface area contributed by atoms with E-state index in [1.165, 1.54) is 16.6 Å². The van der Waals surface area contributed by atoms with Gasteiger partial charge in [0.1, 0.15) is 10.7 Å². The Hall–Kier alpha value is -1.14. The number of nitrogens with zero attached hydrogens (tertiary/aromatic N) is 2. The highest BCUT2D eigenvalue weighted by Gasteiger charge is 2.32. The number of hydrogen-bond donors (Lipinski definition) is 1. The van der Waals surface area contributed by atoms with Crippen molar-refractivity contribution in [3.63, 3.8) is 0 Å². The molecule has 1 saturated carbocycles. The van der Waals surface area contributed by atoms with Gasteiger partial charge in [-0.15, -0.1) is 0 Å². The molecule has 0 unspecified atom stereocenters. The Morgan fingerprint density at radius 1 is 1.50 bits per heavy atom. The molecule has 1 heterocycles. The number of nitrogens with two attached hydrogens (primary N) is 1. The first-order valence-corrected chi connectivity index (χ1v) is 6.66. The largest absolute Gasteiger partial charge is 0.383 e. The maximum atomic E-state index is 12.2. The smallest absolute Gasteiger partial charge is 0.246 e. The molecule has 1 fully saturated rings. The van der Waals surface area contributed by atoms with E-state index in [4.69, 9.17) is 5.73 Å². The van der Waals surface area contributed by atoms with Crippen LogP contribution >= 0.6 is 0 Å². The van der Waals surface area contributed by atoms with Crippen LogP contribution in [0.1, 0.15) is 19.3 Å². The predicted octanol–water partition coefficient (Wildman–Crippen LogP) is 0.837. The van der Waals surface area contributed by atoms with Gasteiger partial charge in [0.25, 0.3) is 0 Å². The summed E-state index contributed by atoms with van der Waals surface area (Å²) in [5, 5.41) is 0. The molecule has 1 aliphatic carbocycles.